The van der Waals surface area contributed by atoms with Crippen LogP contribution in [0.15, 0.2) is 108 Å². The van der Waals surface area contributed by atoms with Crippen LogP contribution < -0.4 is 16.0 Å². The molecule has 0 fully saturated rings. The summed E-state index contributed by atoms with van der Waals surface area (Å²) in [6.07, 6.45) is -4.21. The lowest BCUT2D eigenvalue weighted by Crippen LogP contribution is -2.30. The molecule has 14 heteroatoms. The van der Waals surface area contributed by atoms with Crippen molar-refractivity contribution in [3.8, 4) is 0 Å². The van der Waals surface area contributed by atoms with Crippen LogP contribution in [0.5, 0.6) is 0 Å². The van der Waals surface area contributed by atoms with Crippen molar-refractivity contribution in [2.75, 3.05) is 16.4 Å². The van der Waals surface area contributed by atoms with Crippen LogP contribution in [0.4, 0.5) is 42.1 Å². The lowest BCUT2D eigenvalue weighted by molar-refractivity contribution is -0.143. The molecule has 0 spiro atoms. The highest BCUT2D eigenvalue weighted by Crippen LogP contribution is 2.38. The van der Waals surface area contributed by atoms with Gasteiger partial charge in [0.15, 0.2) is 23.3 Å². The zero-order valence-corrected chi connectivity index (χ0v) is 25.6. The average Bonchev–Trinajstić information content (AvgIpc) is 3.08. The van der Waals surface area contributed by atoms with Gasteiger partial charge in [-0.1, -0.05) is 66.7 Å². The van der Waals surface area contributed by atoms with Gasteiger partial charge in [-0.05, 0) is 52.7 Å². The summed E-state index contributed by atoms with van der Waals surface area (Å²) in [7, 11) is 0. The molecule has 0 aliphatic heterocycles. The minimum atomic E-state index is -5.73. The fourth-order valence-electron chi connectivity index (χ4n) is 4.65. The lowest BCUT2D eigenvalue weighted by Gasteiger charge is -2.14. The van der Waals surface area contributed by atoms with Gasteiger partial charge in [0.05, 0.1) is 5.75 Å². The molecule has 250 valence electrons. The molecule has 5 aromatic rings. The highest BCUT2D eigenvalue weighted by molar-refractivity contribution is 8.00. The first-order chi connectivity index (χ1) is 23.3. The van der Waals surface area contributed by atoms with E-state index in [9.17, 15) is 45.1 Å². The molecule has 0 radical (unpaired) electrons. The minimum Gasteiger partial charge on any atom is -0.321 e. The average molecular weight is 698 g/mol. The number of carbonyl (C=O) groups is 3. The summed E-state index contributed by atoms with van der Waals surface area (Å²) in [5, 5.41) is 8.60. The Kier molecular flexibility index (Phi) is 10.4. The normalized spacial score (nSPS) is 11.7. The molecule has 0 saturated heterocycles. The van der Waals surface area contributed by atoms with Gasteiger partial charge >= 0.3 is 6.18 Å². The van der Waals surface area contributed by atoms with Crippen LogP contribution in [0.1, 0.15) is 21.5 Å². The predicted molar refractivity (Wildman–Crippen MR) is 172 cm³/mol. The zero-order chi connectivity index (χ0) is 35.3. The number of alkyl halides is 3. The van der Waals surface area contributed by atoms with E-state index in [1.165, 1.54) is 30.3 Å². The van der Waals surface area contributed by atoms with Crippen molar-refractivity contribution in [1.82, 2.24) is 5.32 Å². The SMILES string of the molecule is O=C(CSc1cccc(NC(=O)/C(=C\c2cccc3ccccc23)NC(=O)c2ccccc2)c1)Nc1c(F)c(F)c(C(F)(F)F)c(F)c1F. The Balaban J connectivity index is 1.33. The number of benzene rings is 5. The quantitative estimate of drug-likeness (QED) is 0.0624. The number of amides is 3. The van der Waals surface area contributed by atoms with Gasteiger partial charge in [-0.15, -0.1) is 11.8 Å². The summed E-state index contributed by atoms with van der Waals surface area (Å²) in [5.41, 5.74) is -3.40. The van der Waals surface area contributed by atoms with E-state index in [1.807, 2.05) is 30.3 Å². The molecule has 6 nitrogen and oxygen atoms in total. The summed E-state index contributed by atoms with van der Waals surface area (Å²) in [6.45, 7) is 0. The summed E-state index contributed by atoms with van der Waals surface area (Å²) >= 11 is 0.777. The molecule has 0 bridgehead atoms. The molecule has 0 unspecified atom stereocenters. The highest BCUT2D eigenvalue weighted by atomic mass is 32.2. The molecular weight excluding hydrogens is 675 g/mol. The van der Waals surface area contributed by atoms with Gasteiger partial charge in [0.25, 0.3) is 11.8 Å². The van der Waals surface area contributed by atoms with E-state index in [0.29, 0.717) is 16.0 Å². The molecule has 5 rings (SSSR count). The second-order valence-corrected chi connectivity index (χ2v) is 11.3. The molecule has 0 saturated carbocycles. The Bertz CT molecular complexity index is 2070. The van der Waals surface area contributed by atoms with Crippen LogP contribution in [0.3, 0.4) is 0 Å². The van der Waals surface area contributed by atoms with Crippen LogP contribution in [0.2, 0.25) is 0 Å². The second kappa shape index (κ2) is 14.6. The number of anilines is 2. The first kappa shape index (κ1) is 34.7. The summed E-state index contributed by atoms with van der Waals surface area (Å²) in [5.74, 6) is -13.3. The van der Waals surface area contributed by atoms with Gasteiger partial charge in [-0.25, -0.2) is 17.6 Å². The molecule has 3 amide bonds. The number of rotatable bonds is 9. The predicted octanol–water partition coefficient (Wildman–Crippen LogP) is 8.56. The fourth-order valence-corrected chi connectivity index (χ4v) is 5.41. The molecule has 3 N–H and O–H groups in total. The number of carbonyl (C=O) groups excluding carboxylic acids is 3. The fraction of sp³-hybridized carbons (Fsp3) is 0.0571. The zero-order valence-electron chi connectivity index (χ0n) is 24.8. The third-order valence-electron chi connectivity index (χ3n) is 6.93. The summed E-state index contributed by atoms with van der Waals surface area (Å²) in [6, 6.07) is 27.1. The number of thioether (sulfide) groups is 1. The van der Waals surface area contributed by atoms with Gasteiger partial charge in [-0.2, -0.15) is 13.2 Å². The van der Waals surface area contributed by atoms with Gasteiger partial charge in [0.1, 0.15) is 16.9 Å². The van der Waals surface area contributed by atoms with Crippen molar-refractivity contribution >= 4 is 57.7 Å². The van der Waals surface area contributed by atoms with Gasteiger partial charge in [-0.3, -0.25) is 14.4 Å². The van der Waals surface area contributed by atoms with Crippen molar-refractivity contribution < 1.29 is 45.1 Å². The molecular formula is C35H22F7N3O3S. The van der Waals surface area contributed by atoms with Gasteiger partial charge < -0.3 is 16.0 Å². The van der Waals surface area contributed by atoms with E-state index >= 15 is 0 Å². The molecule has 49 heavy (non-hydrogen) atoms. The van der Waals surface area contributed by atoms with E-state index in [4.69, 9.17) is 0 Å². The minimum absolute atomic E-state index is 0.0947. The summed E-state index contributed by atoms with van der Waals surface area (Å²) < 4.78 is 94.9. The molecule has 5 aromatic carbocycles. The van der Waals surface area contributed by atoms with Crippen molar-refractivity contribution in [2.45, 2.75) is 11.1 Å². The van der Waals surface area contributed by atoms with Crippen LogP contribution in [0, 0.1) is 23.3 Å². The Labute approximate surface area is 278 Å². The number of fused-ring (bicyclic) bond motifs is 1. The van der Waals surface area contributed by atoms with E-state index in [-0.39, 0.29) is 11.4 Å². The van der Waals surface area contributed by atoms with Crippen LogP contribution in [-0.4, -0.2) is 23.5 Å². The second-order valence-electron chi connectivity index (χ2n) is 10.3. The van der Waals surface area contributed by atoms with E-state index in [2.05, 4.69) is 10.6 Å². The van der Waals surface area contributed by atoms with E-state index in [1.54, 1.807) is 47.8 Å². The van der Waals surface area contributed by atoms with Crippen molar-refractivity contribution in [2.24, 2.45) is 0 Å². The molecule has 0 aromatic heterocycles. The number of hydrogen-bond donors (Lipinski definition) is 3. The first-order valence-electron chi connectivity index (χ1n) is 14.2. The third-order valence-corrected chi connectivity index (χ3v) is 7.92. The first-order valence-corrected chi connectivity index (χ1v) is 15.1. The van der Waals surface area contributed by atoms with Gasteiger partial charge in [0, 0.05) is 16.1 Å². The van der Waals surface area contributed by atoms with E-state index < -0.39 is 64.2 Å². The monoisotopic (exact) mass is 697 g/mol. The number of nitrogens with one attached hydrogen (secondary N) is 3. The van der Waals surface area contributed by atoms with Crippen LogP contribution >= 0.6 is 11.8 Å². The topological polar surface area (TPSA) is 87.3 Å². The Morgan fingerprint density at radius 3 is 2.04 bits per heavy atom. The van der Waals surface area contributed by atoms with Crippen molar-refractivity contribution in [3.63, 3.8) is 0 Å². The maximum absolute atomic E-state index is 14.2. The molecule has 0 aliphatic rings. The smallest absolute Gasteiger partial charge is 0.321 e. The molecule has 0 aliphatic carbocycles. The maximum atomic E-state index is 14.2. The number of hydrogen-bond acceptors (Lipinski definition) is 4. The Morgan fingerprint density at radius 2 is 1.35 bits per heavy atom. The maximum Gasteiger partial charge on any atom is 0.422 e. The molecule has 0 atom stereocenters. The van der Waals surface area contributed by atoms with Crippen LogP contribution in [-0.2, 0) is 15.8 Å². The standard InChI is InChI=1S/C35H22F7N3O3S/c36-28-27(35(40,41)42)29(37)31(39)32(30(28)38)45-26(46)18-49-23-14-7-13-22(17-23)43-34(48)25(44-33(47)20-9-2-1-3-10-20)16-21-12-6-11-19-8-4-5-15-24(19)21/h1-17H,18H2,(H,43,48)(H,44,47)(H,45,46)/b25-16+. The van der Waals surface area contributed by atoms with Crippen molar-refractivity contribution in [1.29, 1.82) is 0 Å². The largest absolute Gasteiger partial charge is 0.422 e. The number of halogens is 7. The summed E-state index contributed by atoms with van der Waals surface area (Å²) in [4.78, 5) is 39.3. The van der Waals surface area contributed by atoms with E-state index in [0.717, 1.165) is 22.5 Å². The Morgan fingerprint density at radius 1 is 0.714 bits per heavy atom. The van der Waals surface area contributed by atoms with Crippen LogP contribution in [0.25, 0.3) is 16.8 Å². The Hall–Kier alpha value is -5.63. The van der Waals surface area contributed by atoms with Crippen molar-refractivity contribution in [3.05, 3.63) is 143 Å². The van der Waals surface area contributed by atoms with Gasteiger partial charge in [0.2, 0.25) is 5.91 Å². The lowest BCUT2D eigenvalue weighted by atomic mass is 10.0. The third kappa shape index (κ3) is 8.09. The highest BCUT2D eigenvalue weighted by Gasteiger charge is 2.42. The molecule has 0 heterocycles.